The second-order valence-electron chi connectivity index (χ2n) is 5.11. The van der Waals surface area contributed by atoms with Gasteiger partial charge in [0, 0.05) is 18.8 Å². The van der Waals surface area contributed by atoms with Crippen LogP contribution in [0.3, 0.4) is 0 Å². The van der Waals surface area contributed by atoms with Crippen LogP contribution in [-0.2, 0) is 11.3 Å². The summed E-state index contributed by atoms with van der Waals surface area (Å²) in [7, 11) is 0. The molecule has 2 heterocycles. The SMILES string of the molecule is O=C(/C=C/c1ccc(F)cc1)NCCn1nc2ccccn2c1=O. The number of carbonyl (C=O) groups excluding carboxylic acids is 1. The van der Waals surface area contributed by atoms with Gasteiger partial charge in [0.15, 0.2) is 5.65 Å². The lowest BCUT2D eigenvalue weighted by atomic mass is 10.2. The number of nitrogens with zero attached hydrogens (tertiary/aromatic N) is 3. The van der Waals surface area contributed by atoms with E-state index >= 15 is 0 Å². The van der Waals surface area contributed by atoms with Crippen molar-refractivity contribution in [2.45, 2.75) is 6.54 Å². The minimum Gasteiger partial charge on any atom is -0.351 e. The highest BCUT2D eigenvalue weighted by Gasteiger charge is 2.05. The number of hydrogen-bond acceptors (Lipinski definition) is 3. The van der Waals surface area contributed by atoms with Crippen molar-refractivity contribution >= 4 is 17.6 Å². The quantitative estimate of drug-likeness (QED) is 0.722. The number of fused-ring (bicyclic) bond motifs is 1. The van der Waals surface area contributed by atoms with Crippen molar-refractivity contribution in [2.24, 2.45) is 0 Å². The highest BCUT2D eigenvalue weighted by atomic mass is 19.1. The standard InChI is InChI=1S/C17H15FN4O2/c18-14-7-4-13(5-8-14)6-9-16(23)19-10-12-22-17(24)21-11-2-1-3-15(21)20-22/h1-9,11H,10,12H2,(H,19,23)/b9-6+. The maximum absolute atomic E-state index is 12.8. The lowest BCUT2D eigenvalue weighted by Crippen LogP contribution is -2.30. The maximum atomic E-state index is 12.8. The Kier molecular flexibility index (Phi) is 4.51. The summed E-state index contributed by atoms with van der Waals surface area (Å²) in [5.74, 6) is -0.620. The predicted molar refractivity (Wildman–Crippen MR) is 87.9 cm³/mol. The van der Waals surface area contributed by atoms with Crippen molar-refractivity contribution in [3.63, 3.8) is 0 Å². The van der Waals surface area contributed by atoms with Crippen LogP contribution in [0.5, 0.6) is 0 Å². The van der Waals surface area contributed by atoms with Crippen LogP contribution in [0.4, 0.5) is 4.39 Å². The number of halogens is 1. The zero-order valence-electron chi connectivity index (χ0n) is 12.7. The zero-order chi connectivity index (χ0) is 16.9. The second kappa shape index (κ2) is 6.91. The van der Waals surface area contributed by atoms with Gasteiger partial charge in [-0.3, -0.25) is 9.20 Å². The number of pyridine rings is 1. The first-order chi connectivity index (χ1) is 11.6. The van der Waals surface area contributed by atoms with E-state index in [0.717, 1.165) is 5.56 Å². The third-order valence-electron chi connectivity index (χ3n) is 3.41. The number of aromatic nitrogens is 3. The van der Waals surface area contributed by atoms with Crippen molar-refractivity contribution < 1.29 is 9.18 Å². The number of benzene rings is 1. The number of nitrogens with one attached hydrogen (secondary N) is 1. The average Bonchev–Trinajstić information content (AvgIpc) is 2.91. The molecule has 1 amide bonds. The molecule has 122 valence electrons. The molecule has 0 aliphatic carbocycles. The van der Waals surface area contributed by atoms with Crippen LogP contribution in [0.15, 0.2) is 59.5 Å². The topological polar surface area (TPSA) is 68.4 Å². The van der Waals surface area contributed by atoms with E-state index in [4.69, 9.17) is 0 Å². The van der Waals surface area contributed by atoms with E-state index < -0.39 is 0 Å². The summed E-state index contributed by atoms with van der Waals surface area (Å²) in [5.41, 5.74) is 1.04. The lowest BCUT2D eigenvalue weighted by molar-refractivity contribution is -0.116. The Morgan fingerprint density at radius 3 is 2.75 bits per heavy atom. The lowest BCUT2D eigenvalue weighted by Gasteiger charge is -2.01. The third-order valence-corrected chi connectivity index (χ3v) is 3.41. The fourth-order valence-electron chi connectivity index (χ4n) is 2.20. The molecule has 0 aliphatic heterocycles. The van der Waals surface area contributed by atoms with Gasteiger partial charge in [-0.1, -0.05) is 18.2 Å². The Balaban J connectivity index is 1.55. The summed E-state index contributed by atoms with van der Waals surface area (Å²) in [5, 5.41) is 6.85. The largest absolute Gasteiger partial charge is 0.351 e. The number of hydrogen-bond donors (Lipinski definition) is 1. The molecule has 2 aromatic heterocycles. The van der Waals surface area contributed by atoms with Crippen molar-refractivity contribution in [3.8, 4) is 0 Å². The molecule has 0 saturated carbocycles. The Labute approximate surface area is 136 Å². The molecule has 24 heavy (non-hydrogen) atoms. The van der Waals surface area contributed by atoms with Crippen LogP contribution < -0.4 is 11.0 Å². The molecule has 0 saturated heterocycles. The van der Waals surface area contributed by atoms with E-state index in [-0.39, 0.29) is 30.5 Å². The number of amides is 1. The van der Waals surface area contributed by atoms with Crippen molar-refractivity contribution in [3.05, 3.63) is 76.6 Å². The van der Waals surface area contributed by atoms with Crippen molar-refractivity contribution in [1.29, 1.82) is 0 Å². The normalized spacial score (nSPS) is 11.2. The van der Waals surface area contributed by atoms with Crippen LogP contribution in [-0.4, -0.2) is 26.6 Å². The van der Waals surface area contributed by atoms with E-state index in [2.05, 4.69) is 10.4 Å². The van der Waals surface area contributed by atoms with Crippen molar-refractivity contribution in [2.75, 3.05) is 6.54 Å². The Hall–Kier alpha value is -3.22. The number of carbonyl (C=O) groups is 1. The molecule has 0 spiro atoms. The zero-order valence-corrected chi connectivity index (χ0v) is 12.7. The van der Waals surface area contributed by atoms with E-state index in [1.165, 1.54) is 27.3 Å². The van der Waals surface area contributed by atoms with Gasteiger partial charge < -0.3 is 5.32 Å². The van der Waals surface area contributed by atoms with Gasteiger partial charge in [0.25, 0.3) is 0 Å². The minimum absolute atomic E-state index is 0.248. The van der Waals surface area contributed by atoms with Gasteiger partial charge >= 0.3 is 5.69 Å². The number of rotatable bonds is 5. The minimum atomic E-state index is -0.325. The molecule has 3 aromatic rings. The summed E-state index contributed by atoms with van der Waals surface area (Å²) in [6, 6.07) is 11.1. The molecular formula is C17H15FN4O2. The van der Waals surface area contributed by atoms with Crippen molar-refractivity contribution in [1.82, 2.24) is 19.5 Å². The van der Waals surface area contributed by atoms with Gasteiger partial charge in [-0.25, -0.2) is 13.9 Å². The Morgan fingerprint density at radius 1 is 1.21 bits per heavy atom. The Bertz CT molecular complexity index is 941. The molecule has 1 aromatic carbocycles. The van der Waals surface area contributed by atoms with Gasteiger partial charge in [-0.15, -0.1) is 5.10 Å². The highest BCUT2D eigenvalue weighted by Crippen LogP contribution is 2.04. The maximum Gasteiger partial charge on any atom is 0.350 e. The van der Waals surface area contributed by atoms with Crippen LogP contribution in [0.25, 0.3) is 11.7 Å². The summed E-state index contributed by atoms with van der Waals surface area (Å²) >= 11 is 0. The summed E-state index contributed by atoms with van der Waals surface area (Å²) < 4.78 is 15.5. The van der Waals surface area contributed by atoms with Crippen LogP contribution in [0, 0.1) is 5.82 Å². The third kappa shape index (κ3) is 3.57. The first-order valence-corrected chi connectivity index (χ1v) is 7.39. The monoisotopic (exact) mass is 326 g/mol. The molecule has 3 rings (SSSR count). The molecule has 0 radical (unpaired) electrons. The molecule has 0 atom stereocenters. The van der Waals surface area contributed by atoms with Crippen LogP contribution in [0.1, 0.15) is 5.56 Å². The van der Waals surface area contributed by atoms with Gasteiger partial charge in [-0.2, -0.15) is 0 Å². The van der Waals surface area contributed by atoms with E-state index in [0.29, 0.717) is 5.65 Å². The molecule has 0 fully saturated rings. The van der Waals surface area contributed by atoms with E-state index in [9.17, 15) is 14.0 Å². The van der Waals surface area contributed by atoms with Crippen LogP contribution in [0.2, 0.25) is 0 Å². The van der Waals surface area contributed by atoms with Gasteiger partial charge in [0.2, 0.25) is 5.91 Å². The first-order valence-electron chi connectivity index (χ1n) is 7.39. The molecule has 0 bridgehead atoms. The van der Waals surface area contributed by atoms with Gasteiger partial charge in [-0.05, 0) is 35.9 Å². The van der Waals surface area contributed by atoms with Gasteiger partial charge in [0.05, 0.1) is 6.54 Å². The fourth-order valence-corrected chi connectivity index (χ4v) is 2.20. The Morgan fingerprint density at radius 2 is 2.00 bits per heavy atom. The second-order valence-corrected chi connectivity index (χ2v) is 5.11. The molecule has 6 nitrogen and oxygen atoms in total. The molecule has 0 aliphatic rings. The van der Waals surface area contributed by atoms with Gasteiger partial charge in [0.1, 0.15) is 5.82 Å². The molecule has 7 heteroatoms. The predicted octanol–water partition coefficient (Wildman–Crippen LogP) is 1.46. The van der Waals surface area contributed by atoms with E-state index in [1.807, 2.05) is 0 Å². The average molecular weight is 326 g/mol. The first kappa shape index (κ1) is 15.7. The summed E-state index contributed by atoms with van der Waals surface area (Å²) in [4.78, 5) is 23.8. The smallest absolute Gasteiger partial charge is 0.350 e. The summed E-state index contributed by atoms with van der Waals surface area (Å²) in [6.45, 7) is 0.549. The fraction of sp³-hybridized carbons (Fsp3) is 0.118. The molecule has 1 N–H and O–H groups in total. The molecule has 0 unspecified atom stereocenters. The highest BCUT2D eigenvalue weighted by molar-refractivity contribution is 5.91. The van der Waals surface area contributed by atoms with E-state index in [1.54, 1.807) is 42.6 Å². The molecular weight excluding hydrogens is 311 g/mol. The summed E-state index contributed by atoms with van der Waals surface area (Å²) in [6.07, 6.45) is 4.59. The van der Waals surface area contributed by atoms with Crippen LogP contribution >= 0.6 is 0 Å².